The zero-order valence-corrected chi connectivity index (χ0v) is 14.3. The second kappa shape index (κ2) is 7.15. The van der Waals surface area contributed by atoms with E-state index in [2.05, 4.69) is 24.7 Å². The number of halogens is 3. The quantitative estimate of drug-likeness (QED) is 0.533. The van der Waals surface area contributed by atoms with Crippen molar-refractivity contribution in [3.05, 3.63) is 73.2 Å². The topological polar surface area (TPSA) is 63.7 Å². The van der Waals surface area contributed by atoms with Crippen molar-refractivity contribution in [1.82, 2.24) is 19.9 Å². The number of rotatable bonds is 4. The highest BCUT2D eigenvalue weighted by molar-refractivity contribution is 5.75. The predicted molar refractivity (Wildman–Crippen MR) is 97.2 cm³/mol. The summed E-state index contributed by atoms with van der Waals surface area (Å²) in [4.78, 5) is 15.7. The molecule has 0 amide bonds. The lowest BCUT2D eigenvalue weighted by molar-refractivity contribution is -0.274. The Balaban J connectivity index is 1.70. The van der Waals surface area contributed by atoms with Gasteiger partial charge >= 0.3 is 6.36 Å². The number of imidazole rings is 1. The maximum absolute atomic E-state index is 12.7. The molecule has 8 heteroatoms. The number of benzene rings is 2. The van der Waals surface area contributed by atoms with Crippen LogP contribution in [0.4, 0.5) is 13.2 Å². The smallest absolute Gasteiger partial charge is 0.405 e. The first-order chi connectivity index (χ1) is 13.5. The number of nitrogens with zero attached hydrogens (tertiary/aromatic N) is 3. The molecule has 0 aliphatic heterocycles. The maximum Gasteiger partial charge on any atom is 0.573 e. The van der Waals surface area contributed by atoms with Crippen molar-refractivity contribution in [2.75, 3.05) is 0 Å². The van der Waals surface area contributed by atoms with Gasteiger partial charge in [0, 0.05) is 23.5 Å². The van der Waals surface area contributed by atoms with Gasteiger partial charge < -0.3 is 9.72 Å². The van der Waals surface area contributed by atoms with Crippen LogP contribution in [0, 0.1) is 0 Å². The molecule has 0 spiro atoms. The van der Waals surface area contributed by atoms with E-state index in [1.54, 1.807) is 55.0 Å². The normalized spacial score (nSPS) is 11.4. The Hall–Kier alpha value is -3.68. The summed E-state index contributed by atoms with van der Waals surface area (Å²) in [5, 5.41) is 0. The summed E-state index contributed by atoms with van der Waals surface area (Å²) >= 11 is 0. The number of ether oxygens (including phenoxy) is 1. The SMILES string of the molecule is FC(F)(F)Oc1ccccc1-c1cccc(-c2cnc(-c3ncccn3)[nH]2)c1. The molecule has 0 fully saturated rings. The van der Waals surface area contributed by atoms with Crippen LogP contribution in [0.1, 0.15) is 0 Å². The standard InChI is InChI=1S/C20H13F3N4O/c21-20(22,23)28-17-8-2-1-7-15(17)13-5-3-6-14(11-13)16-12-26-19(27-16)18-24-9-4-10-25-18/h1-12H,(H,26,27). The number of nitrogens with one attached hydrogen (secondary N) is 1. The van der Waals surface area contributed by atoms with Gasteiger partial charge in [-0.15, -0.1) is 13.2 Å². The minimum atomic E-state index is -4.76. The Morgan fingerprint density at radius 2 is 1.57 bits per heavy atom. The molecule has 0 aliphatic carbocycles. The number of H-pyrrole nitrogens is 1. The van der Waals surface area contributed by atoms with Crippen LogP contribution in [0.2, 0.25) is 0 Å². The van der Waals surface area contributed by atoms with Crippen LogP contribution >= 0.6 is 0 Å². The molecule has 0 saturated heterocycles. The van der Waals surface area contributed by atoms with Gasteiger partial charge in [-0.1, -0.05) is 36.4 Å². The molecule has 2 heterocycles. The van der Waals surface area contributed by atoms with E-state index in [-0.39, 0.29) is 5.75 Å². The summed E-state index contributed by atoms with van der Waals surface area (Å²) in [5.74, 6) is 0.700. The first-order valence-corrected chi connectivity index (χ1v) is 8.27. The first-order valence-electron chi connectivity index (χ1n) is 8.27. The molecule has 4 aromatic rings. The average molecular weight is 382 g/mol. The lowest BCUT2D eigenvalue weighted by Gasteiger charge is -2.13. The molecule has 2 aromatic carbocycles. The van der Waals surface area contributed by atoms with E-state index >= 15 is 0 Å². The summed E-state index contributed by atoms with van der Waals surface area (Å²) in [7, 11) is 0. The van der Waals surface area contributed by atoms with Crippen LogP contribution in [-0.4, -0.2) is 26.3 Å². The number of aromatic nitrogens is 4. The highest BCUT2D eigenvalue weighted by Gasteiger charge is 2.32. The average Bonchev–Trinajstić information content (AvgIpc) is 3.18. The van der Waals surface area contributed by atoms with Crippen molar-refractivity contribution < 1.29 is 17.9 Å². The Morgan fingerprint density at radius 1 is 0.821 bits per heavy atom. The number of alkyl halides is 3. The van der Waals surface area contributed by atoms with Crippen molar-refractivity contribution in [2.24, 2.45) is 0 Å². The van der Waals surface area contributed by atoms with E-state index in [1.807, 2.05) is 6.07 Å². The van der Waals surface area contributed by atoms with Gasteiger partial charge in [0.1, 0.15) is 5.75 Å². The van der Waals surface area contributed by atoms with Gasteiger partial charge in [-0.2, -0.15) is 0 Å². The van der Waals surface area contributed by atoms with E-state index in [9.17, 15) is 13.2 Å². The molecular formula is C20H13F3N4O. The number of hydrogen-bond acceptors (Lipinski definition) is 4. The van der Waals surface area contributed by atoms with Crippen molar-refractivity contribution in [2.45, 2.75) is 6.36 Å². The van der Waals surface area contributed by atoms with Gasteiger partial charge in [-0.3, -0.25) is 0 Å². The van der Waals surface area contributed by atoms with Gasteiger partial charge in [-0.05, 0) is 23.8 Å². The Kier molecular flexibility index (Phi) is 4.52. The van der Waals surface area contributed by atoms with Gasteiger partial charge in [0.15, 0.2) is 11.6 Å². The van der Waals surface area contributed by atoms with Crippen LogP contribution in [0.5, 0.6) is 5.75 Å². The molecule has 0 radical (unpaired) electrons. The van der Waals surface area contributed by atoms with Crippen LogP contribution in [0.25, 0.3) is 34.0 Å². The monoisotopic (exact) mass is 382 g/mol. The third kappa shape index (κ3) is 3.85. The lowest BCUT2D eigenvalue weighted by atomic mass is 10.0. The van der Waals surface area contributed by atoms with E-state index in [4.69, 9.17) is 0 Å². The molecule has 140 valence electrons. The van der Waals surface area contributed by atoms with Crippen molar-refractivity contribution >= 4 is 0 Å². The van der Waals surface area contributed by atoms with Crippen molar-refractivity contribution in [3.63, 3.8) is 0 Å². The Labute approximate surface area is 157 Å². The van der Waals surface area contributed by atoms with Crippen LogP contribution in [0.15, 0.2) is 73.2 Å². The van der Waals surface area contributed by atoms with Crippen molar-refractivity contribution in [1.29, 1.82) is 0 Å². The predicted octanol–water partition coefficient (Wildman–Crippen LogP) is 5.10. The van der Waals surface area contributed by atoms with E-state index in [1.165, 1.54) is 12.1 Å². The zero-order chi connectivity index (χ0) is 19.6. The second-order valence-electron chi connectivity index (χ2n) is 5.84. The Morgan fingerprint density at radius 3 is 2.36 bits per heavy atom. The fourth-order valence-corrected chi connectivity index (χ4v) is 2.78. The van der Waals surface area contributed by atoms with Gasteiger partial charge in [0.25, 0.3) is 0 Å². The van der Waals surface area contributed by atoms with Gasteiger partial charge in [0.05, 0.1) is 11.9 Å². The van der Waals surface area contributed by atoms with Crippen LogP contribution in [0.3, 0.4) is 0 Å². The second-order valence-corrected chi connectivity index (χ2v) is 5.84. The van der Waals surface area contributed by atoms with Gasteiger partial charge in [-0.25, -0.2) is 15.0 Å². The third-order valence-electron chi connectivity index (χ3n) is 3.95. The number of aromatic amines is 1. The highest BCUT2D eigenvalue weighted by Crippen LogP contribution is 2.35. The Bertz CT molecular complexity index is 1090. The number of para-hydroxylation sites is 1. The molecular weight excluding hydrogens is 369 g/mol. The fourth-order valence-electron chi connectivity index (χ4n) is 2.78. The summed E-state index contributed by atoms with van der Waals surface area (Å²) < 4.78 is 42.3. The minimum absolute atomic E-state index is 0.255. The molecule has 28 heavy (non-hydrogen) atoms. The summed E-state index contributed by atoms with van der Waals surface area (Å²) in [6.07, 6.45) is 0.0933. The van der Waals surface area contributed by atoms with Crippen LogP contribution < -0.4 is 4.74 Å². The highest BCUT2D eigenvalue weighted by atomic mass is 19.4. The molecule has 0 atom stereocenters. The lowest BCUT2D eigenvalue weighted by Crippen LogP contribution is -2.17. The molecule has 2 aromatic heterocycles. The number of hydrogen-bond donors (Lipinski definition) is 1. The van der Waals surface area contributed by atoms with Crippen molar-refractivity contribution in [3.8, 4) is 39.8 Å². The fraction of sp³-hybridized carbons (Fsp3) is 0.0500. The van der Waals surface area contributed by atoms with E-state index in [0.29, 0.717) is 28.5 Å². The maximum atomic E-state index is 12.7. The van der Waals surface area contributed by atoms with Crippen LogP contribution in [-0.2, 0) is 0 Å². The summed E-state index contributed by atoms with van der Waals surface area (Å²) in [6, 6.07) is 14.8. The summed E-state index contributed by atoms with van der Waals surface area (Å²) in [6.45, 7) is 0. The van der Waals surface area contributed by atoms with E-state index < -0.39 is 6.36 Å². The first kappa shape index (κ1) is 17.7. The molecule has 0 aliphatic rings. The van der Waals surface area contributed by atoms with E-state index in [0.717, 1.165) is 5.56 Å². The third-order valence-corrected chi connectivity index (χ3v) is 3.95. The molecule has 4 rings (SSSR count). The molecule has 1 N–H and O–H groups in total. The van der Waals surface area contributed by atoms with Gasteiger partial charge in [0.2, 0.25) is 0 Å². The largest absolute Gasteiger partial charge is 0.573 e. The molecule has 5 nitrogen and oxygen atoms in total. The molecule has 0 bridgehead atoms. The summed E-state index contributed by atoms with van der Waals surface area (Å²) in [5.41, 5.74) is 2.38. The molecule has 0 unspecified atom stereocenters. The zero-order valence-electron chi connectivity index (χ0n) is 14.3. The minimum Gasteiger partial charge on any atom is -0.405 e. The molecule has 0 saturated carbocycles.